The number of piperazine rings is 1. The third-order valence-corrected chi connectivity index (χ3v) is 6.07. The monoisotopic (exact) mass is 426 g/mol. The average Bonchev–Trinajstić information content (AvgIpc) is 3.20. The molecule has 0 spiro atoms. The number of hydrogen-bond acceptors (Lipinski definition) is 5. The quantitative estimate of drug-likeness (QED) is 0.482. The molecular formula is C26H26N4O2. The summed E-state index contributed by atoms with van der Waals surface area (Å²) in [6.07, 6.45) is 0. The maximum Gasteiger partial charge on any atom is 0.259 e. The van der Waals surface area contributed by atoms with Crippen molar-refractivity contribution in [3.63, 3.8) is 0 Å². The molecule has 1 amide bonds. The van der Waals surface area contributed by atoms with Crippen LogP contribution in [0.25, 0.3) is 22.4 Å². The largest absolute Gasteiger partial charge is 0.336 e. The molecule has 3 heterocycles. The molecule has 162 valence electrons. The van der Waals surface area contributed by atoms with Crippen LogP contribution in [-0.4, -0.2) is 52.0 Å². The molecule has 32 heavy (non-hydrogen) atoms. The van der Waals surface area contributed by atoms with Crippen LogP contribution in [-0.2, 0) is 6.54 Å². The maximum absolute atomic E-state index is 13.6. The zero-order chi connectivity index (χ0) is 22.1. The lowest BCUT2D eigenvalue weighted by Crippen LogP contribution is -2.48. The predicted octanol–water partition coefficient (Wildman–Crippen LogP) is 4.46. The molecule has 0 N–H and O–H groups in total. The molecular weight excluding hydrogens is 400 g/mol. The molecule has 0 aliphatic carbocycles. The molecule has 4 aromatic rings. The first-order valence-corrected chi connectivity index (χ1v) is 11.0. The minimum atomic E-state index is 0.0103. The number of carbonyl (C=O) groups excluding carboxylic acids is 1. The van der Waals surface area contributed by atoms with Crippen molar-refractivity contribution < 1.29 is 9.32 Å². The highest BCUT2D eigenvalue weighted by atomic mass is 16.5. The van der Waals surface area contributed by atoms with E-state index in [0.717, 1.165) is 30.9 Å². The smallest absolute Gasteiger partial charge is 0.259 e. The highest BCUT2D eigenvalue weighted by Gasteiger charge is 2.26. The first-order chi connectivity index (χ1) is 15.6. The fourth-order valence-corrected chi connectivity index (χ4v) is 4.37. The molecule has 1 saturated heterocycles. The van der Waals surface area contributed by atoms with Gasteiger partial charge in [0.15, 0.2) is 0 Å². The Morgan fingerprint density at radius 2 is 1.75 bits per heavy atom. The third-order valence-electron chi connectivity index (χ3n) is 6.07. The standard InChI is InChI=1S/C26H26N4O2/c1-18-7-6-8-20(15-18)17-29-11-13-30(14-12-29)26(31)22-16-23(21-9-4-3-5-10-21)27-25-24(22)19(2)28-32-25/h3-10,15-16H,11-14,17H2,1-2H3. The van der Waals surface area contributed by atoms with Gasteiger partial charge in [-0.05, 0) is 25.5 Å². The van der Waals surface area contributed by atoms with Gasteiger partial charge < -0.3 is 9.42 Å². The number of amides is 1. The van der Waals surface area contributed by atoms with E-state index in [1.165, 1.54) is 11.1 Å². The number of aryl methyl sites for hydroxylation is 2. The molecule has 0 saturated carbocycles. The molecule has 0 bridgehead atoms. The summed E-state index contributed by atoms with van der Waals surface area (Å²) in [5.74, 6) is 0.0103. The summed E-state index contributed by atoms with van der Waals surface area (Å²) in [5.41, 5.74) is 5.96. The fraction of sp³-hybridized carbons (Fsp3) is 0.269. The van der Waals surface area contributed by atoms with Crippen LogP contribution in [0.1, 0.15) is 27.2 Å². The molecule has 1 fully saturated rings. The summed E-state index contributed by atoms with van der Waals surface area (Å²) in [6, 6.07) is 20.3. The molecule has 1 aliphatic rings. The van der Waals surface area contributed by atoms with Crippen molar-refractivity contribution in [1.82, 2.24) is 19.9 Å². The maximum atomic E-state index is 13.6. The van der Waals surface area contributed by atoms with E-state index in [1.54, 1.807) is 0 Å². The lowest BCUT2D eigenvalue weighted by molar-refractivity contribution is 0.0630. The molecule has 0 atom stereocenters. The minimum Gasteiger partial charge on any atom is -0.336 e. The normalized spacial score (nSPS) is 14.8. The Labute approximate surface area is 187 Å². The van der Waals surface area contributed by atoms with Crippen LogP contribution in [0.5, 0.6) is 0 Å². The second-order valence-corrected chi connectivity index (χ2v) is 8.43. The van der Waals surface area contributed by atoms with E-state index in [2.05, 4.69) is 46.2 Å². The number of carbonyl (C=O) groups is 1. The Morgan fingerprint density at radius 1 is 0.969 bits per heavy atom. The van der Waals surface area contributed by atoms with Gasteiger partial charge in [-0.15, -0.1) is 0 Å². The number of aromatic nitrogens is 2. The highest BCUT2D eigenvalue weighted by molar-refractivity contribution is 6.07. The third kappa shape index (κ3) is 4.01. The van der Waals surface area contributed by atoms with Crippen LogP contribution < -0.4 is 0 Å². The van der Waals surface area contributed by atoms with Crippen molar-refractivity contribution >= 4 is 17.0 Å². The molecule has 0 radical (unpaired) electrons. The SMILES string of the molecule is Cc1cccc(CN2CCN(C(=O)c3cc(-c4ccccc4)nc4onc(C)c34)CC2)c1. The Bertz CT molecular complexity index is 1260. The van der Waals surface area contributed by atoms with Gasteiger partial charge in [0.25, 0.3) is 11.6 Å². The lowest BCUT2D eigenvalue weighted by Gasteiger charge is -2.35. The predicted molar refractivity (Wildman–Crippen MR) is 124 cm³/mol. The van der Waals surface area contributed by atoms with Gasteiger partial charge >= 0.3 is 0 Å². The molecule has 1 aliphatic heterocycles. The van der Waals surface area contributed by atoms with Gasteiger partial charge in [0, 0.05) is 38.3 Å². The van der Waals surface area contributed by atoms with Gasteiger partial charge in [0.2, 0.25) is 0 Å². The van der Waals surface area contributed by atoms with Crippen LogP contribution >= 0.6 is 0 Å². The number of benzene rings is 2. The van der Waals surface area contributed by atoms with E-state index in [9.17, 15) is 4.79 Å². The first kappa shape index (κ1) is 20.4. The number of pyridine rings is 1. The van der Waals surface area contributed by atoms with Crippen LogP contribution in [0.3, 0.4) is 0 Å². The number of fused-ring (bicyclic) bond motifs is 1. The first-order valence-electron chi connectivity index (χ1n) is 11.0. The van der Waals surface area contributed by atoms with Gasteiger partial charge in [0.05, 0.1) is 22.3 Å². The van der Waals surface area contributed by atoms with E-state index in [1.807, 2.05) is 48.2 Å². The van der Waals surface area contributed by atoms with Gasteiger partial charge in [-0.25, -0.2) is 4.98 Å². The van der Waals surface area contributed by atoms with Crippen LogP contribution in [0.15, 0.2) is 65.2 Å². The minimum absolute atomic E-state index is 0.0103. The van der Waals surface area contributed by atoms with E-state index >= 15 is 0 Å². The molecule has 2 aromatic heterocycles. The van der Waals surface area contributed by atoms with Crippen LogP contribution in [0, 0.1) is 13.8 Å². The van der Waals surface area contributed by atoms with Crippen molar-refractivity contribution in [2.45, 2.75) is 20.4 Å². The molecule has 5 rings (SSSR count). The Balaban J connectivity index is 1.37. The average molecular weight is 427 g/mol. The number of hydrogen-bond donors (Lipinski definition) is 0. The van der Waals surface area contributed by atoms with Crippen molar-refractivity contribution in [3.05, 3.63) is 83.0 Å². The van der Waals surface area contributed by atoms with Crippen LogP contribution in [0.2, 0.25) is 0 Å². The Kier molecular flexibility index (Phi) is 5.45. The van der Waals surface area contributed by atoms with Crippen LogP contribution in [0.4, 0.5) is 0 Å². The lowest BCUT2D eigenvalue weighted by atomic mass is 10.0. The topological polar surface area (TPSA) is 62.5 Å². The molecule has 0 unspecified atom stereocenters. The van der Waals surface area contributed by atoms with Gasteiger partial charge in [-0.2, -0.15) is 0 Å². The Hall–Kier alpha value is -3.51. The van der Waals surface area contributed by atoms with E-state index < -0.39 is 0 Å². The molecule has 2 aromatic carbocycles. The highest BCUT2D eigenvalue weighted by Crippen LogP contribution is 2.28. The number of nitrogens with zero attached hydrogens (tertiary/aromatic N) is 4. The second-order valence-electron chi connectivity index (χ2n) is 8.43. The summed E-state index contributed by atoms with van der Waals surface area (Å²) in [4.78, 5) is 22.5. The van der Waals surface area contributed by atoms with Gasteiger partial charge in [-0.1, -0.05) is 65.3 Å². The van der Waals surface area contributed by atoms with Crippen molar-refractivity contribution in [1.29, 1.82) is 0 Å². The fourth-order valence-electron chi connectivity index (χ4n) is 4.37. The summed E-state index contributed by atoms with van der Waals surface area (Å²) in [5, 5.41) is 4.77. The van der Waals surface area contributed by atoms with Gasteiger partial charge in [-0.3, -0.25) is 9.69 Å². The zero-order valence-electron chi connectivity index (χ0n) is 18.4. The van der Waals surface area contributed by atoms with Crippen molar-refractivity contribution in [2.24, 2.45) is 0 Å². The van der Waals surface area contributed by atoms with Gasteiger partial charge in [0.1, 0.15) is 0 Å². The summed E-state index contributed by atoms with van der Waals surface area (Å²) in [7, 11) is 0. The van der Waals surface area contributed by atoms with Crippen molar-refractivity contribution in [2.75, 3.05) is 26.2 Å². The van der Waals surface area contributed by atoms with E-state index in [-0.39, 0.29) is 5.91 Å². The summed E-state index contributed by atoms with van der Waals surface area (Å²) in [6.45, 7) is 7.97. The second kappa shape index (κ2) is 8.55. The molecule has 6 nitrogen and oxygen atoms in total. The Morgan fingerprint density at radius 3 is 2.50 bits per heavy atom. The summed E-state index contributed by atoms with van der Waals surface area (Å²) >= 11 is 0. The van der Waals surface area contributed by atoms with Crippen molar-refractivity contribution in [3.8, 4) is 11.3 Å². The number of rotatable bonds is 4. The zero-order valence-corrected chi connectivity index (χ0v) is 18.4. The van der Waals surface area contributed by atoms with E-state index in [4.69, 9.17) is 4.52 Å². The van der Waals surface area contributed by atoms with E-state index in [0.29, 0.717) is 35.4 Å². The summed E-state index contributed by atoms with van der Waals surface area (Å²) < 4.78 is 5.44. The molecule has 6 heteroatoms.